The fourth-order valence-corrected chi connectivity index (χ4v) is 1.62. The molecule has 0 saturated carbocycles. The van der Waals surface area contributed by atoms with Gasteiger partial charge in [-0.3, -0.25) is 0 Å². The van der Waals surface area contributed by atoms with Crippen molar-refractivity contribution in [2.75, 3.05) is 0 Å². The molecule has 0 heterocycles. The van der Waals surface area contributed by atoms with Gasteiger partial charge in [0, 0.05) is 5.41 Å². The predicted octanol–water partition coefficient (Wildman–Crippen LogP) is 4.43. The summed E-state index contributed by atoms with van der Waals surface area (Å²) in [7, 11) is 0. The van der Waals surface area contributed by atoms with Gasteiger partial charge in [0.2, 0.25) is 0 Å². The van der Waals surface area contributed by atoms with Crippen LogP contribution in [0.2, 0.25) is 0 Å². The molecule has 0 radical (unpaired) electrons. The summed E-state index contributed by atoms with van der Waals surface area (Å²) >= 11 is 0.221. The zero-order valence-corrected chi connectivity index (χ0v) is 8.30. The molecule has 0 nitrogen and oxygen atoms in total. The van der Waals surface area contributed by atoms with Crippen LogP contribution in [0.3, 0.4) is 0 Å². The number of benzene rings is 2. The monoisotopic (exact) mass is 204 g/mol. The molecule has 0 aliphatic rings. The molecule has 2 aromatic rings. The normalized spacial score (nSPS) is 11.2. The van der Waals surface area contributed by atoms with Crippen LogP contribution in [0.5, 0.6) is 0 Å². The molecular formula is C12H9FS. The molecule has 0 aromatic heterocycles. The molecule has 0 fully saturated rings. The molecule has 0 aliphatic heterocycles. The molecular weight excluding hydrogens is 195 g/mol. The Bertz CT molecular complexity index is 463. The third kappa shape index (κ3) is 1.96. The average molecular weight is 204 g/mol. The summed E-state index contributed by atoms with van der Waals surface area (Å²) < 4.78 is 11.8. The first kappa shape index (κ1) is 9.28. The van der Waals surface area contributed by atoms with Crippen LogP contribution in [-0.4, -0.2) is 0 Å². The van der Waals surface area contributed by atoms with Gasteiger partial charge in [0.25, 0.3) is 0 Å². The number of rotatable bonds is 2. The lowest BCUT2D eigenvalue weighted by molar-refractivity contribution is 0.947. The van der Waals surface area contributed by atoms with Crippen LogP contribution in [0.1, 0.15) is 5.56 Å². The van der Waals surface area contributed by atoms with Crippen LogP contribution < -0.4 is 0 Å². The van der Waals surface area contributed by atoms with E-state index in [2.05, 4.69) is 12.1 Å². The van der Waals surface area contributed by atoms with E-state index in [0.717, 1.165) is 5.56 Å². The SMILES string of the molecule is FSC=Cc1ccc2ccccc2c1. The minimum absolute atomic E-state index is 0.221. The molecule has 0 N–H and O–H groups in total. The molecule has 0 atom stereocenters. The highest BCUT2D eigenvalue weighted by molar-refractivity contribution is 7.97. The van der Waals surface area contributed by atoms with E-state index in [-0.39, 0.29) is 12.1 Å². The highest BCUT2D eigenvalue weighted by Crippen LogP contribution is 2.17. The van der Waals surface area contributed by atoms with E-state index in [1.165, 1.54) is 16.2 Å². The first-order valence-corrected chi connectivity index (χ1v) is 5.11. The van der Waals surface area contributed by atoms with Gasteiger partial charge in [-0.05, 0) is 28.5 Å². The molecule has 2 heteroatoms. The van der Waals surface area contributed by atoms with E-state index in [0.29, 0.717) is 0 Å². The van der Waals surface area contributed by atoms with Gasteiger partial charge < -0.3 is 0 Å². The van der Waals surface area contributed by atoms with Gasteiger partial charge in [0.1, 0.15) is 0 Å². The van der Waals surface area contributed by atoms with Crippen molar-refractivity contribution in [2.24, 2.45) is 0 Å². The third-order valence-electron chi connectivity index (χ3n) is 2.09. The van der Waals surface area contributed by atoms with E-state index < -0.39 is 0 Å². The Balaban J connectivity index is 2.46. The molecule has 0 amide bonds. The first-order chi connectivity index (χ1) is 6.90. The summed E-state index contributed by atoms with van der Waals surface area (Å²) in [6.45, 7) is 0. The Morgan fingerprint density at radius 1 is 1.00 bits per heavy atom. The summed E-state index contributed by atoms with van der Waals surface area (Å²) in [5.41, 5.74) is 1.02. The minimum Gasteiger partial charge on any atom is -0.160 e. The van der Waals surface area contributed by atoms with Crippen LogP contribution in [0.15, 0.2) is 47.9 Å². The molecule has 2 aromatic carbocycles. The van der Waals surface area contributed by atoms with Gasteiger partial charge in [-0.25, -0.2) is 0 Å². The predicted molar refractivity (Wildman–Crippen MR) is 61.7 cm³/mol. The highest BCUT2D eigenvalue weighted by atomic mass is 32.2. The zero-order chi connectivity index (χ0) is 9.80. The van der Waals surface area contributed by atoms with Crippen LogP contribution in [-0.2, 0) is 0 Å². The molecule has 0 spiro atoms. The highest BCUT2D eigenvalue weighted by Gasteiger charge is 1.92. The Labute approximate surface area is 86.7 Å². The maximum Gasteiger partial charge on any atom is 0.0732 e. The number of hydrogen-bond acceptors (Lipinski definition) is 1. The lowest BCUT2D eigenvalue weighted by Crippen LogP contribution is -1.74. The summed E-state index contributed by atoms with van der Waals surface area (Å²) in [5.74, 6) is 0. The first-order valence-electron chi connectivity index (χ1n) is 4.33. The average Bonchev–Trinajstić information content (AvgIpc) is 2.26. The van der Waals surface area contributed by atoms with Crippen molar-refractivity contribution >= 4 is 29.0 Å². The lowest BCUT2D eigenvalue weighted by Gasteiger charge is -1.98. The largest absolute Gasteiger partial charge is 0.160 e. The van der Waals surface area contributed by atoms with Crippen molar-refractivity contribution in [1.29, 1.82) is 0 Å². The van der Waals surface area contributed by atoms with Crippen LogP contribution >= 0.6 is 12.1 Å². The van der Waals surface area contributed by atoms with Gasteiger partial charge in [-0.2, -0.15) is 3.89 Å². The van der Waals surface area contributed by atoms with Crippen LogP contribution in [0.25, 0.3) is 16.8 Å². The molecule has 0 unspecified atom stereocenters. The summed E-state index contributed by atoms with van der Waals surface area (Å²) in [4.78, 5) is 0. The van der Waals surface area contributed by atoms with Gasteiger partial charge in [0.05, 0.1) is 12.1 Å². The minimum atomic E-state index is 0.221. The molecule has 0 saturated heterocycles. The Morgan fingerprint density at radius 3 is 2.57 bits per heavy atom. The quantitative estimate of drug-likeness (QED) is 0.697. The topological polar surface area (TPSA) is 0 Å². The van der Waals surface area contributed by atoms with Gasteiger partial charge >= 0.3 is 0 Å². The molecule has 0 bridgehead atoms. The van der Waals surface area contributed by atoms with Crippen molar-refractivity contribution in [3.8, 4) is 0 Å². The summed E-state index contributed by atoms with van der Waals surface area (Å²) in [6.07, 6.45) is 1.76. The van der Waals surface area contributed by atoms with Crippen molar-refractivity contribution in [3.63, 3.8) is 0 Å². The van der Waals surface area contributed by atoms with E-state index in [1.54, 1.807) is 6.08 Å². The number of fused-ring (bicyclic) bond motifs is 1. The van der Waals surface area contributed by atoms with E-state index in [9.17, 15) is 3.89 Å². The third-order valence-corrected chi connectivity index (χ3v) is 2.32. The van der Waals surface area contributed by atoms with Gasteiger partial charge in [-0.15, -0.1) is 0 Å². The van der Waals surface area contributed by atoms with Crippen molar-refractivity contribution in [3.05, 3.63) is 53.4 Å². The molecule has 14 heavy (non-hydrogen) atoms. The van der Waals surface area contributed by atoms with Crippen molar-refractivity contribution < 1.29 is 3.89 Å². The van der Waals surface area contributed by atoms with E-state index in [4.69, 9.17) is 0 Å². The van der Waals surface area contributed by atoms with E-state index >= 15 is 0 Å². The molecule has 0 aliphatic carbocycles. The fourth-order valence-electron chi connectivity index (χ4n) is 1.42. The fraction of sp³-hybridized carbons (Fsp3) is 0. The van der Waals surface area contributed by atoms with E-state index in [1.807, 2.05) is 30.3 Å². The maximum atomic E-state index is 11.8. The van der Waals surface area contributed by atoms with Gasteiger partial charge in [-0.1, -0.05) is 36.4 Å². The second-order valence-electron chi connectivity index (χ2n) is 3.00. The van der Waals surface area contributed by atoms with Gasteiger partial charge in [0.15, 0.2) is 0 Å². The number of hydrogen-bond donors (Lipinski definition) is 0. The maximum absolute atomic E-state index is 11.8. The summed E-state index contributed by atoms with van der Waals surface area (Å²) in [5, 5.41) is 3.82. The van der Waals surface area contributed by atoms with Crippen molar-refractivity contribution in [1.82, 2.24) is 0 Å². The van der Waals surface area contributed by atoms with Crippen molar-refractivity contribution in [2.45, 2.75) is 0 Å². The second-order valence-corrected chi connectivity index (χ2v) is 3.45. The lowest BCUT2D eigenvalue weighted by atomic mass is 10.1. The smallest absolute Gasteiger partial charge is 0.0732 e. The number of halogens is 1. The van der Waals surface area contributed by atoms with Crippen LogP contribution in [0.4, 0.5) is 3.89 Å². The standard InChI is InChI=1S/C12H9FS/c13-14-8-7-10-5-6-11-3-1-2-4-12(11)9-10/h1-9H. The summed E-state index contributed by atoms with van der Waals surface area (Å²) in [6, 6.07) is 14.2. The Kier molecular flexibility index (Phi) is 2.84. The molecule has 2 rings (SSSR count). The zero-order valence-electron chi connectivity index (χ0n) is 7.48. The second kappa shape index (κ2) is 4.29. The molecule has 70 valence electrons. The van der Waals surface area contributed by atoms with Crippen LogP contribution in [0, 0.1) is 0 Å². The Morgan fingerprint density at radius 2 is 1.79 bits per heavy atom. The Hall–Kier alpha value is -1.28.